The molecule has 0 saturated heterocycles. The first-order chi connectivity index (χ1) is 8.58. The quantitative estimate of drug-likeness (QED) is 0.762. The summed E-state index contributed by atoms with van der Waals surface area (Å²) in [6.07, 6.45) is 2.06. The molecule has 0 aliphatic heterocycles. The molecule has 2 nitrogen and oxygen atoms in total. The fraction of sp³-hybridized carbons (Fsp3) is 0.308. The lowest BCUT2D eigenvalue weighted by molar-refractivity contribution is 0.919. The topological polar surface area (TPSA) is 24.9 Å². The Kier molecular flexibility index (Phi) is 4.36. The standard InChI is InChI=1S/C13H13BrCl2N2/c1-3-4-7-5-8-6-9(14)10(15)11(16)12(8)18-13(7)17-2/h5-6H,3-4H2,1-2H3,(H,17,18). The number of nitrogens with one attached hydrogen (secondary N) is 1. The number of nitrogens with zero attached hydrogens (tertiary/aromatic N) is 1. The molecule has 1 heterocycles. The van der Waals surface area contributed by atoms with Crippen molar-refractivity contribution in [2.24, 2.45) is 0 Å². The van der Waals surface area contributed by atoms with Gasteiger partial charge in [-0.2, -0.15) is 0 Å². The maximum atomic E-state index is 6.24. The number of pyridine rings is 1. The Bertz CT molecular complexity index is 599. The minimum Gasteiger partial charge on any atom is -0.373 e. The van der Waals surface area contributed by atoms with Gasteiger partial charge < -0.3 is 5.32 Å². The largest absolute Gasteiger partial charge is 0.373 e. The van der Waals surface area contributed by atoms with E-state index in [1.54, 1.807) is 0 Å². The molecule has 0 unspecified atom stereocenters. The van der Waals surface area contributed by atoms with Crippen molar-refractivity contribution in [3.05, 3.63) is 32.2 Å². The predicted molar refractivity (Wildman–Crippen MR) is 83.0 cm³/mol. The number of aromatic nitrogens is 1. The third-order valence-corrected chi connectivity index (χ3v) is 4.49. The second-order valence-corrected chi connectivity index (χ2v) is 5.66. The van der Waals surface area contributed by atoms with Crippen LogP contribution in [0.3, 0.4) is 0 Å². The lowest BCUT2D eigenvalue weighted by Crippen LogP contribution is -1.99. The van der Waals surface area contributed by atoms with E-state index in [0.29, 0.717) is 10.0 Å². The molecule has 0 amide bonds. The molecule has 1 aromatic carbocycles. The predicted octanol–water partition coefficient (Wildman–Crippen LogP) is 5.30. The summed E-state index contributed by atoms with van der Waals surface area (Å²) in [7, 11) is 1.86. The average Bonchev–Trinajstić information content (AvgIpc) is 2.36. The zero-order valence-corrected chi connectivity index (χ0v) is 13.2. The Morgan fingerprint density at radius 3 is 2.61 bits per heavy atom. The highest BCUT2D eigenvalue weighted by molar-refractivity contribution is 9.10. The van der Waals surface area contributed by atoms with Crippen LogP contribution >= 0.6 is 39.1 Å². The Morgan fingerprint density at radius 2 is 2.00 bits per heavy atom. The van der Waals surface area contributed by atoms with Crippen LogP contribution in [0.1, 0.15) is 18.9 Å². The molecular formula is C13H13BrCl2N2. The minimum atomic E-state index is 0.487. The fourth-order valence-electron chi connectivity index (χ4n) is 1.94. The van der Waals surface area contributed by atoms with Crippen molar-refractivity contribution in [3.8, 4) is 0 Å². The maximum absolute atomic E-state index is 6.24. The summed E-state index contributed by atoms with van der Waals surface area (Å²) in [5.74, 6) is 0.865. The van der Waals surface area contributed by atoms with Crippen LogP contribution in [0.2, 0.25) is 10.0 Å². The van der Waals surface area contributed by atoms with Crippen molar-refractivity contribution < 1.29 is 0 Å². The SMILES string of the molecule is CCCc1cc2cc(Br)c(Cl)c(Cl)c2nc1NC. The van der Waals surface area contributed by atoms with Gasteiger partial charge in [0.2, 0.25) is 0 Å². The third-order valence-electron chi connectivity index (χ3n) is 2.78. The average molecular weight is 348 g/mol. The van der Waals surface area contributed by atoms with Gasteiger partial charge in [-0.3, -0.25) is 0 Å². The Hall–Kier alpha value is -0.510. The molecule has 5 heteroatoms. The van der Waals surface area contributed by atoms with E-state index in [9.17, 15) is 0 Å². The van der Waals surface area contributed by atoms with Crippen molar-refractivity contribution in [1.29, 1.82) is 0 Å². The molecule has 0 fully saturated rings. The van der Waals surface area contributed by atoms with E-state index in [-0.39, 0.29) is 0 Å². The Morgan fingerprint density at radius 1 is 1.28 bits per heavy atom. The summed E-state index contributed by atoms with van der Waals surface area (Å²) in [6.45, 7) is 2.15. The van der Waals surface area contributed by atoms with Crippen LogP contribution in [0, 0.1) is 0 Å². The van der Waals surface area contributed by atoms with E-state index in [1.807, 2.05) is 13.1 Å². The number of anilines is 1. The highest BCUT2D eigenvalue weighted by atomic mass is 79.9. The first kappa shape index (κ1) is 13.9. The maximum Gasteiger partial charge on any atom is 0.129 e. The monoisotopic (exact) mass is 346 g/mol. The number of halogens is 3. The van der Waals surface area contributed by atoms with Gasteiger partial charge >= 0.3 is 0 Å². The summed E-state index contributed by atoms with van der Waals surface area (Å²) in [6, 6.07) is 4.07. The Balaban J connectivity index is 2.75. The van der Waals surface area contributed by atoms with Crippen LogP contribution in [-0.4, -0.2) is 12.0 Å². The van der Waals surface area contributed by atoms with E-state index >= 15 is 0 Å². The lowest BCUT2D eigenvalue weighted by Gasteiger charge is -2.11. The highest BCUT2D eigenvalue weighted by Gasteiger charge is 2.12. The van der Waals surface area contributed by atoms with Crippen molar-refractivity contribution in [3.63, 3.8) is 0 Å². The van der Waals surface area contributed by atoms with Gasteiger partial charge in [-0.25, -0.2) is 4.98 Å². The van der Waals surface area contributed by atoms with Crippen LogP contribution < -0.4 is 5.32 Å². The van der Waals surface area contributed by atoms with Crippen LogP contribution in [-0.2, 0) is 6.42 Å². The van der Waals surface area contributed by atoms with E-state index in [0.717, 1.165) is 34.0 Å². The number of rotatable bonds is 3. The molecule has 0 radical (unpaired) electrons. The van der Waals surface area contributed by atoms with E-state index in [1.165, 1.54) is 5.56 Å². The molecule has 0 aliphatic rings. The van der Waals surface area contributed by atoms with E-state index in [4.69, 9.17) is 23.2 Å². The van der Waals surface area contributed by atoms with Crippen LogP contribution in [0.4, 0.5) is 5.82 Å². The fourth-order valence-corrected chi connectivity index (χ4v) is 2.90. The molecule has 0 spiro atoms. The van der Waals surface area contributed by atoms with Gasteiger partial charge in [0, 0.05) is 16.9 Å². The molecule has 18 heavy (non-hydrogen) atoms. The summed E-state index contributed by atoms with van der Waals surface area (Å²) >= 11 is 15.8. The summed E-state index contributed by atoms with van der Waals surface area (Å²) in [4.78, 5) is 4.57. The highest BCUT2D eigenvalue weighted by Crippen LogP contribution is 2.37. The van der Waals surface area contributed by atoms with Gasteiger partial charge in [-0.1, -0.05) is 36.5 Å². The van der Waals surface area contributed by atoms with Gasteiger partial charge in [0.05, 0.1) is 15.6 Å². The van der Waals surface area contributed by atoms with Crippen molar-refractivity contribution >= 4 is 55.9 Å². The van der Waals surface area contributed by atoms with Gasteiger partial charge in [-0.15, -0.1) is 0 Å². The molecule has 0 aliphatic carbocycles. The van der Waals surface area contributed by atoms with Crippen molar-refractivity contribution in [2.75, 3.05) is 12.4 Å². The summed E-state index contributed by atoms with van der Waals surface area (Å²) < 4.78 is 0.795. The molecule has 2 aromatic rings. The summed E-state index contributed by atoms with van der Waals surface area (Å²) in [5, 5.41) is 5.10. The van der Waals surface area contributed by atoms with Gasteiger partial charge in [0.15, 0.2) is 0 Å². The van der Waals surface area contributed by atoms with Gasteiger partial charge in [-0.05, 0) is 40.0 Å². The minimum absolute atomic E-state index is 0.487. The molecule has 1 N–H and O–H groups in total. The number of fused-ring (bicyclic) bond motifs is 1. The van der Waals surface area contributed by atoms with Crippen LogP contribution in [0.5, 0.6) is 0 Å². The molecular weight excluding hydrogens is 335 g/mol. The number of aryl methyl sites for hydroxylation is 1. The first-order valence-corrected chi connectivity index (χ1v) is 7.28. The number of hydrogen-bond acceptors (Lipinski definition) is 2. The van der Waals surface area contributed by atoms with Crippen LogP contribution in [0.25, 0.3) is 10.9 Å². The van der Waals surface area contributed by atoms with E-state index in [2.05, 4.69) is 39.2 Å². The normalized spacial score (nSPS) is 10.9. The van der Waals surface area contributed by atoms with Crippen molar-refractivity contribution in [1.82, 2.24) is 4.98 Å². The number of benzene rings is 1. The summed E-state index contributed by atoms with van der Waals surface area (Å²) in [5.41, 5.74) is 1.92. The van der Waals surface area contributed by atoms with Gasteiger partial charge in [0.1, 0.15) is 5.82 Å². The zero-order chi connectivity index (χ0) is 13.3. The number of hydrogen-bond donors (Lipinski definition) is 1. The van der Waals surface area contributed by atoms with Crippen molar-refractivity contribution in [2.45, 2.75) is 19.8 Å². The molecule has 0 saturated carbocycles. The van der Waals surface area contributed by atoms with E-state index < -0.39 is 0 Å². The molecule has 2 rings (SSSR count). The second kappa shape index (κ2) is 5.64. The smallest absolute Gasteiger partial charge is 0.129 e. The molecule has 1 aromatic heterocycles. The second-order valence-electron chi connectivity index (χ2n) is 4.05. The first-order valence-electron chi connectivity index (χ1n) is 5.73. The van der Waals surface area contributed by atoms with Crippen LogP contribution in [0.15, 0.2) is 16.6 Å². The third kappa shape index (κ3) is 2.44. The Labute approximate surface area is 125 Å². The molecule has 96 valence electrons. The molecule has 0 bridgehead atoms. The van der Waals surface area contributed by atoms with Gasteiger partial charge in [0.25, 0.3) is 0 Å². The molecule has 0 atom stereocenters. The lowest BCUT2D eigenvalue weighted by atomic mass is 10.1. The zero-order valence-electron chi connectivity index (χ0n) is 10.2.